The largest absolute Gasteiger partial charge is 0.341 e. The lowest BCUT2D eigenvalue weighted by Crippen LogP contribution is -2.43. The summed E-state index contributed by atoms with van der Waals surface area (Å²) in [7, 11) is 1.98. The van der Waals surface area contributed by atoms with Crippen LogP contribution < -0.4 is 0 Å². The molecule has 4 nitrogen and oxygen atoms in total. The maximum Gasteiger partial charge on any atom is 0.236 e. The Labute approximate surface area is 174 Å². The van der Waals surface area contributed by atoms with Crippen LogP contribution in [0.5, 0.6) is 0 Å². The van der Waals surface area contributed by atoms with Crippen LogP contribution in [0.3, 0.4) is 0 Å². The van der Waals surface area contributed by atoms with E-state index in [4.69, 9.17) is 16.6 Å². The molecule has 0 bridgehead atoms. The van der Waals surface area contributed by atoms with E-state index in [1.54, 1.807) is 11.3 Å². The van der Waals surface area contributed by atoms with Crippen LogP contribution in [0, 0.1) is 0 Å². The average Bonchev–Trinajstić information content (AvgIpc) is 3.12. The summed E-state index contributed by atoms with van der Waals surface area (Å²) < 4.78 is 1.22. The smallest absolute Gasteiger partial charge is 0.236 e. The number of nitrogens with zero attached hydrogens (tertiary/aromatic N) is 3. The summed E-state index contributed by atoms with van der Waals surface area (Å²) in [6, 6.07) is 16.1. The lowest BCUT2D eigenvalue weighted by molar-refractivity contribution is -0.133. The van der Waals surface area contributed by atoms with E-state index < -0.39 is 0 Å². The van der Waals surface area contributed by atoms with Gasteiger partial charge in [-0.1, -0.05) is 35.9 Å². The number of thiazole rings is 1. The minimum absolute atomic E-state index is 0.190. The normalized spacial score (nSPS) is 17.4. The Bertz CT molecular complexity index is 940. The van der Waals surface area contributed by atoms with Gasteiger partial charge in [0.1, 0.15) is 0 Å². The molecule has 3 aromatic rings. The summed E-state index contributed by atoms with van der Waals surface area (Å²) in [5, 5.41) is 1.89. The Morgan fingerprint density at radius 3 is 2.96 bits per heavy atom. The van der Waals surface area contributed by atoms with Crippen LogP contribution in [0.15, 0.2) is 48.5 Å². The van der Waals surface area contributed by atoms with Crippen molar-refractivity contribution in [2.75, 3.05) is 26.7 Å². The van der Waals surface area contributed by atoms with Gasteiger partial charge in [0.05, 0.1) is 21.8 Å². The van der Waals surface area contributed by atoms with E-state index in [1.165, 1.54) is 4.70 Å². The van der Waals surface area contributed by atoms with Crippen molar-refractivity contribution in [2.45, 2.75) is 25.3 Å². The number of para-hydroxylation sites is 1. The maximum atomic E-state index is 12.9. The van der Waals surface area contributed by atoms with Crippen LogP contribution in [0.1, 0.15) is 29.3 Å². The monoisotopic (exact) mass is 413 g/mol. The Balaban J connectivity index is 1.37. The van der Waals surface area contributed by atoms with E-state index >= 15 is 0 Å². The van der Waals surface area contributed by atoms with Gasteiger partial charge in [0.25, 0.3) is 0 Å². The zero-order valence-electron chi connectivity index (χ0n) is 16.0. The van der Waals surface area contributed by atoms with Gasteiger partial charge in [0.15, 0.2) is 0 Å². The zero-order chi connectivity index (χ0) is 19.5. The van der Waals surface area contributed by atoms with Crippen LogP contribution in [-0.4, -0.2) is 47.4 Å². The third-order valence-corrected chi connectivity index (χ3v) is 6.61. The molecule has 1 aliphatic rings. The number of hydrogen-bond donors (Lipinski definition) is 0. The minimum Gasteiger partial charge on any atom is -0.341 e. The second kappa shape index (κ2) is 8.60. The molecule has 0 saturated carbocycles. The Morgan fingerprint density at radius 1 is 1.29 bits per heavy atom. The summed E-state index contributed by atoms with van der Waals surface area (Å²) >= 11 is 7.82. The van der Waals surface area contributed by atoms with Crippen molar-refractivity contribution in [1.82, 2.24) is 14.8 Å². The number of aromatic nitrogens is 1. The minimum atomic E-state index is 0.190. The quantitative estimate of drug-likeness (QED) is 0.603. The number of halogens is 1. The first-order valence-corrected chi connectivity index (χ1v) is 10.8. The fraction of sp³-hybridized carbons (Fsp3) is 0.364. The van der Waals surface area contributed by atoms with E-state index in [0.29, 0.717) is 19.0 Å². The molecular weight excluding hydrogens is 390 g/mol. The lowest BCUT2D eigenvalue weighted by Gasteiger charge is -2.33. The van der Waals surface area contributed by atoms with E-state index in [1.807, 2.05) is 42.3 Å². The Morgan fingerprint density at radius 2 is 2.14 bits per heavy atom. The molecule has 1 fully saturated rings. The van der Waals surface area contributed by atoms with E-state index in [-0.39, 0.29) is 5.91 Å². The van der Waals surface area contributed by atoms with E-state index in [0.717, 1.165) is 47.0 Å². The van der Waals surface area contributed by atoms with E-state index in [9.17, 15) is 4.79 Å². The maximum absolute atomic E-state index is 12.9. The van der Waals surface area contributed by atoms with Gasteiger partial charge in [0, 0.05) is 30.6 Å². The topological polar surface area (TPSA) is 36.4 Å². The highest BCUT2D eigenvalue weighted by molar-refractivity contribution is 7.18. The lowest BCUT2D eigenvalue weighted by atomic mass is 9.98. The molecule has 2 heterocycles. The molecule has 0 aliphatic carbocycles. The summed E-state index contributed by atoms with van der Waals surface area (Å²) in [6.07, 6.45) is 2.13. The molecule has 4 rings (SSSR count). The van der Waals surface area contributed by atoms with Gasteiger partial charge in [-0.25, -0.2) is 4.98 Å². The fourth-order valence-electron chi connectivity index (χ4n) is 3.80. The van der Waals surface area contributed by atoms with Gasteiger partial charge >= 0.3 is 0 Å². The first-order valence-electron chi connectivity index (χ1n) is 9.65. The number of likely N-dealkylation sites (N-methyl/N-ethyl adjacent to an activating group) is 1. The predicted molar refractivity (Wildman–Crippen MR) is 116 cm³/mol. The van der Waals surface area contributed by atoms with Crippen molar-refractivity contribution in [3.63, 3.8) is 0 Å². The van der Waals surface area contributed by atoms with Crippen LogP contribution in [0.25, 0.3) is 10.2 Å². The van der Waals surface area contributed by atoms with Crippen molar-refractivity contribution in [3.05, 3.63) is 64.1 Å². The molecule has 1 aromatic heterocycles. The molecule has 1 atom stereocenters. The SMILES string of the molecule is CN(CC(=O)N1CCC[C@@H](c2nc3ccccc3s2)C1)Cc1cccc(Cl)c1. The van der Waals surface area contributed by atoms with Gasteiger partial charge < -0.3 is 4.90 Å². The third-order valence-electron chi connectivity index (χ3n) is 5.18. The van der Waals surface area contributed by atoms with Crippen LogP contribution >= 0.6 is 22.9 Å². The second-order valence-electron chi connectivity index (χ2n) is 7.50. The summed E-state index contributed by atoms with van der Waals surface area (Å²) in [4.78, 5) is 21.7. The first kappa shape index (κ1) is 19.4. The molecule has 1 saturated heterocycles. The van der Waals surface area contributed by atoms with Crippen LogP contribution in [0.2, 0.25) is 5.02 Å². The van der Waals surface area contributed by atoms with Gasteiger partial charge in [0.2, 0.25) is 5.91 Å². The molecule has 6 heteroatoms. The second-order valence-corrected chi connectivity index (χ2v) is 9.00. The predicted octanol–water partition coefficient (Wildman–Crippen LogP) is 4.79. The number of carbonyl (C=O) groups is 1. The molecule has 0 spiro atoms. The molecule has 2 aromatic carbocycles. The number of rotatable bonds is 5. The van der Waals surface area contributed by atoms with Crippen molar-refractivity contribution < 1.29 is 4.79 Å². The van der Waals surface area contributed by atoms with Crippen molar-refractivity contribution in [1.29, 1.82) is 0 Å². The molecular formula is C22H24ClN3OS. The van der Waals surface area contributed by atoms with Crippen LogP contribution in [0.4, 0.5) is 0 Å². The number of carbonyl (C=O) groups excluding carboxylic acids is 1. The van der Waals surface area contributed by atoms with Gasteiger partial charge in [-0.05, 0) is 49.7 Å². The average molecular weight is 414 g/mol. The fourth-order valence-corrected chi connectivity index (χ4v) is 5.11. The number of piperidine rings is 1. The standard InChI is InChI=1S/C22H24ClN3OS/c1-25(13-16-6-4-8-18(23)12-16)15-21(27)26-11-5-7-17(14-26)22-24-19-9-2-3-10-20(19)28-22/h2-4,6,8-10,12,17H,5,7,11,13-15H2,1H3/t17-/m1/s1. The Kier molecular flexibility index (Phi) is 5.95. The number of hydrogen-bond acceptors (Lipinski definition) is 4. The van der Waals surface area contributed by atoms with Crippen molar-refractivity contribution in [2.24, 2.45) is 0 Å². The summed E-state index contributed by atoms with van der Waals surface area (Å²) in [5.74, 6) is 0.531. The summed E-state index contributed by atoms with van der Waals surface area (Å²) in [6.45, 7) is 2.73. The highest BCUT2D eigenvalue weighted by Gasteiger charge is 2.27. The highest BCUT2D eigenvalue weighted by Crippen LogP contribution is 2.33. The van der Waals surface area contributed by atoms with Gasteiger partial charge in [-0.2, -0.15) is 0 Å². The van der Waals surface area contributed by atoms with Crippen molar-refractivity contribution >= 4 is 39.1 Å². The molecule has 28 heavy (non-hydrogen) atoms. The van der Waals surface area contributed by atoms with Gasteiger partial charge in [-0.3, -0.25) is 9.69 Å². The number of benzene rings is 2. The number of fused-ring (bicyclic) bond motifs is 1. The Hall–Kier alpha value is -1.95. The summed E-state index contributed by atoms with van der Waals surface area (Å²) in [5.41, 5.74) is 2.18. The first-order chi connectivity index (χ1) is 13.6. The van der Waals surface area contributed by atoms with Crippen molar-refractivity contribution in [3.8, 4) is 0 Å². The zero-order valence-corrected chi connectivity index (χ0v) is 17.5. The highest BCUT2D eigenvalue weighted by atomic mass is 35.5. The molecule has 0 N–H and O–H groups in total. The molecule has 0 unspecified atom stereocenters. The number of likely N-dealkylation sites (tertiary alicyclic amines) is 1. The van der Waals surface area contributed by atoms with Gasteiger partial charge in [-0.15, -0.1) is 11.3 Å². The third kappa shape index (κ3) is 4.54. The molecule has 1 amide bonds. The molecule has 1 aliphatic heterocycles. The molecule has 0 radical (unpaired) electrons. The van der Waals surface area contributed by atoms with E-state index in [2.05, 4.69) is 23.1 Å². The molecule has 146 valence electrons. The number of amides is 1. The van der Waals surface area contributed by atoms with Crippen LogP contribution in [-0.2, 0) is 11.3 Å².